The average Bonchev–Trinajstić information content (AvgIpc) is 2.96. The van der Waals surface area contributed by atoms with Gasteiger partial charge in [0.05, 0.1) is 22.4 Å². The fourth-order valence-electron chi connectivity index (χ4n) is 1.78. The van der Waals surface area contributed by atoms with E-state index in [0.717, 1.165) is 28.9 Å². The SMILES string of the molecule is CNc1nc(NC2(CO)CC2)c2sccc2n1. The predicted octanol–water partition coefficient (Wildman–Crippen LogP) is 1.67. The van der Waals surface area contributed by atoms with Gasteiger partial charge in [-0.15, -0.1) is 11.3 Å². The molecule has 17 heavy (non-hydrogen) atoms. The molecule has 6 heteroatoms. The van der Waals surface area contributed by atoms with Crippen molar-refractivity contribution in [2.45, 2.75) is 18.4 Å². The zero-order valence-electron chi connectivity index (χ0n) is 9.53. The van der Waals surface area contributed by atoms with Crippen molar-refractivity contribution >= 4 is 33.3 Å². The molecule has 2 aromatic rings. The topological polar surface area (TPSA) is 70.1 Å². The standard InChI is InChI=1S/C11H14N4OS/c1-12-10-13-7-2-5-17-8(7)9(14-10)15-11(6-16)3-4-11/h2,5,16H,3-4,6H2,1H3,(H2,12,13,14,15). The molecule has 3 rings (SSSR count). The van der Waals surface area contributed by atoms with Gasteiger partial charge in [0.25, 0.3) is 0 Å². The molecular formula is C11H14N4OS. The minimum atomic E-state index is -0.156. The number of aliphatic hydroxyl groups excluding tert-OH is 1. The fraction of sp³-hybridized carbons (Fsp3) is 0.455. The summed E-state index contributed by atoms with van der Waals surface area (Å²) in [6, 6.07) is 1.98. The van der Waals surface area contributed by atoms with E-state index < -0.39 is 0 Å². The molecule has 0 atom stereocenters. The maximum atomic E-state index is 9.35. The van der Waals surface area contributed by atoms with Crippen LogP contribution in [0.3, 0.4) is 0 Å². The molecular weight excluding hydrogens is 236 g/mol. The molecule has 1 fully saturated rings. The van der Waals surface area contributed by atoms with Crippen LogP contribution in [0.5, 0.6) is 0 Å². The molecule has 0 aliphatic heterocycles. The minimum absolute atomic E-state index is 0.152. The molecule has 3 N–H and O–H groups in total. The minimum Gasteiger partial charge on any atom is -0.394 e. The van der Waals surface area contributed by atoms with Crippen LogP contribution in [0.15, 0.2) is 11.4 Å². The van der Waals surface area contributed by atoms with E-state index in [1.54, 1.807) is 18.4 Å². The van der Waals surface area contributed by atoms with Crippen LogP contribution in [0.1, 0.15) is 12.8 Å². The number of hydrogen-bond donors (Lipinski definition) is 3. The first-order valence-corrected chi connectivity index (χ1v) is 6.46. The van der Waals surface area contributed by atoms with Gasteiger partial charge < -0.3 is 15.7 Å². The number of nitrogens with one attached hydrogen (secondary N) is 2. The molecule has 2 heterocycles. The second kappa shape index (κ2) is 3.82. The summed E-state index contributed by atoms with van der Waals surface area (Å²) in [6.45, 7) is 0.152. The zero-order chi connectivity index (χ0) is 11.9. The van der Waals surface area contributed by atoms with Crippen LogP contribution < -0.4 is 10.6 Å². The van der Waals surface area contributed by atoms with Crippen molar-refractivity contribution in [1.29, 1.82) is 0 Å². The molecule has 0 amide bonds. The summed E-state index contributed by atoms with van der Waals surface area (Å²) < 4.78 is 1.05. The molecule has 1 aliphatic rings. The second-order valence-corrected chi connectivity index (χ2v) is 5.26. The van der Waals surface area contributed by atoms with Gasteiger partial charge >= 0.3 is 0 Å². The summed E-state index contributed by atoms with van der Waals surface area (Å²) in [7, 11) is 1.80. The van der Waals surface area contributed by atoms with Gasteiger partial charge in [0.1, 0.15) is 5.82 Å². The van der Waals surface area contributed by atoms with Gasteiger partial charge in [0.15, 0.2) is 0 Å². The molecule has 0 aromatic carbocycles. The number of thiophene rings is 1. The quantitative estimate of drug-likeness (QED) is 0.770. The van der Waals surface area contributed by atoms with E-state index in [-0.39, 0.29) is 12.1 Å². The van der Waals surface area contributed by atoms with Gasteiger partial charge in [-0.3, -0.25) is 0 Å². The van der Waals surface area contributed by atoms with Gasteiger partial charge in [0.2, 0.25) is 5.95 Å². The number of anilines is 2. The molecule has 0 radical (unpaired) electrons. The average molecular weight is 250 g/mol. The summed E-state index contributed by atoms with van der Waals surface area (Å²) >= 11 is 1.62. The molecule has 0 saturated heterocycles. The van der Waals surface area contributed by atoms with E-state index in [1.165, 1.54) is 0 Å². The van der Waals surface area contributed by atoms with Crippen molar-refractivity contribution in [3.05, 3.63) is 11.4 Å². The van der Waals surface area contributed by atoms with Gasteiger partial charge in [-0.25, -0.2) is 4.98 Å². The lowest BCUT2D eigenvalue weighted by Gasteiger charge is -2.16. The lowest BCUT2D eigenvalue weighted by molar-refractivity contribution is 0.266. The summed E-state index contributed by atoms with van der Waals surface area (Å²) in [5, 5.41) is 17.7. The van der Waals surface area contributed by atoms with Gasteiger partial charge in [0, 0.05) is 7.05 Å². The third-order valence-corrected chi connectivity index (χ3v) is 3.98. The monoisotopic (exact) mass is 250 g/mol. The van der Waals surface area contributed by atoms with Crippen molar-refractivity contribution in [3.63, 3.8) is 0 Å². The molecule has 0 bridgehead atoms. The van der Waals surface area contributed by atoms with Crippen molar-refractivity contribution in [2.75, 3.05) is 24.3 Å². The Morgan fingerprint density at radius 3 is 2.94 bits per heavy atom. The number of hydrogen-bond acceptors (Lipinski definition) is 6. The molecule has 1 saturated carbocycles. The second-order valence-electron chi connectivity index (χ2n) is 4.34. The Balaban J connectivity index is 2.04. The number of nitrogens with zero attached hydrogens (tertiary/aromatic N) is 2. The third-order valence-electron chi connectivity index (χ3n) is 3.07. The van der Waals surface area contributed by atoms with Crippen LogP contribution in [-0.2, 0) is 0 Å². The van der Waals surface area contributed by atoms with E-state index in [2.05, 4.69) is 20.6 Å². The van der Waals surface area contributed by atoms with E-state index >= 15 is 0 Å². The fourth-order valence-corrected chi connectivity index (χ4v) is 2.56. The first kappa shape index (κ1) is 10.7. The Hall–Kier alpha value is -1.40. The Morgan fingerprint density at radius 2 is 2.29 bits per heavy atom. The summed E-state index contributed by atoms with van der Waals surface area (Å²) in [6.07, 6.45) is 1.99. The van der Waals surface area contributed by atoms with Crippen LogP contribution in [-0.4, -0.2) is 34.3 Å². The smallest absolute Gasteiger partial charge is 0.225 e. The highest BCUT2D eigenvalue weighted by Crippen LogP contribution is 2.40. The van der Waals surface area contributed by atoms with Gasteiger partial charge in [-0.2, -0.15) is 4.98 Å². The number of fused-ring (bicyclic) bond motifs is 1. The van der Waals surface area contributed by atoms with E-state index in [4.69, 9.17) is 0 Å². The van der Waals surface area contributed by atoms with Crippen molar-refractivity contribution in [2.24, 2.45) is 0 Å². The van der Waals surface area contributed by atoms with Crippen molar-refractivity contribution in [1.82, 2.24) is 9.97 Å². The van der Waals surface area contributed by atoms with Crippen molar-refractivity contribution in [3.8, 4) is 0 Å². The Kier molecular flexibility index (Phi) is 2.41. The summed E-state index contributed by atoms with van der Waals surface area (Å²) in [5.41, 5.74) is 0.779. The highest BCUT2D eigenvalue weighted by atomic mass is 32.1. The molecule has 2 aromatic heterocycles. The molecule has 1 aliphatic carbocycles. The van der Waals surface area contributed by atoms with Crippen LogP contribution in [0.4, 0.5) is 11.8 Å². The predicted molar refractivity (Wildman–Crippen MR) is 69.6 cm³/mol. The van der Waals surface area contributed by atoms with Crippen LogP contribution in [0.25, 0.3) is 10.2 Å². The molecule has 0 unspecified atom stereocenters. The van der Waals surface area contributed by atoms with E-state index in [0.29, 0.717) is 5.95 Å². The Morgan fingerprint density at radius 1 is 1.47 bits per heavy atom. The van der Waals surface area contributed by atoms with E-state index in [1.807, 2.05) is 11.4 Å². The maximum absolute atomic E-state index is 9.35. The van der Waals surface area contributed by atoms with Crippen LogP contribution >= 0.6 is 11.3 Å². The third kappa shape index (κ3) is 1.83. The molecule has 0 spiro atoms. The number of aliphatic hydroxyl groups is 1. The normalized spacial score (nSPS) is 17.1. The lowest BCUT2D eigenvalue weighted by Crippen LogP contribution is -2.26. The Labute approximate surface area is 103 Å². The van der Waals surface area contributed by atoms with Crippen LogP contribution in [0.2, 0.25) is 0 Å². The number of aromatic nitrogens is 2. The maximum Gasteiger partial charge on any atom is 0.225 e. The highest BCUT2D eigenvalue weighted by molar-refractivity contribution is 7.17. The van der Waals surface area contributed by atoms with E-state index in [9.17, 15) is 5.11 Å². The largest absolute Gasteiger partial charge is 0.394 e. The van der Waals surface area contributed by atoms with Crippen molar-refractivity contribution < 1.29 is 5.11 Å². The summed E-state index contributed by atoms with van der Waals surface area (Å²) in [4.78, 5) is 8.81. The van der Waals surface area contributed by atoms with Crippen LogP contribution in [0, 0.1) is 0 Å². The molecule has 5 nitrogen and oxygen atoms in total. The number of rotatable bonds is 4. The first-order chi connectivity index (χ1) is 8.26. The van der Waals surface area contributed by atoms with Gasteiger partial charge in [-0.1, -0.05) is 0 Å². The Bertz CT molecular complexity index is 549. The van der Waals surface area contributed by atoms with Gasteiger partial charge in [-0.05, 0) is 24.3 Å². The zero-order valence-corrected chi connectivity index (χ0v) is 10.3. The first-order valence-electron chi connectivity index (χ1n) is 5.58. The molecule has 90 valence electrons. The highest BCUT2D eigenvalue weighted by Gasteiger charge is 2.42. The summed E-state index contributed by atoms with van der Waals surface area (Å²) in [5.74, 6) is 1.42. The lowest BCUT2D eigenvalue weighted by atomic mass is 10.3.